The molecule has 0 aliphatic carbocycles. The highest BCUT2D eigenvalue weighted by atomic mass is 32.1. The fourth-order valence-electron chi connectivity index (χ4n) is 2.26. The molecule has 0 aliphatic rings. The van der Waals surface area contributed by atoms with Crippen molar-refractivity contribution < 1.29 is 14.7 Å². The zero-order valence-electron chi connectivity index (χ0n) is 12.3. The Labute approximate surface area is 139 Å². The van der Waals surface area contributed by atoms with Gasteiger partial charge < -0.3 is 21.1 Å². The van der Waals surface area contributed by atoms with Crippen molar-refractivity contribution in [1.29, 1.82) is 0 Å². The number of carboxylic acids is 1. The maximum absolute atomic E-state index is 12.3. The highest BCUT2D eigenvalue weighted by molar-refractivity contribution is 7.21. The quantitative estimate of drug-likeness (QED) is 0.575. The molecule has 0 spiro atoms. The Morgan fingerprint density at radius 1 is 1.25 bits per heavy atom. The van der Waals surface area contributed by atoms with E-state index in [9.17, 15) is 14.4 Å². The highest BCUT2D eigenvalue weighted by Crippen LogP contribution is 2.32. The summed E-state index contributed by atoms with van der Waals surface area (Å²) in [7, 11) is 0. The number of carbonyl (C=O) groups is 2. The van der Waals surface area contributed by atoms with Crippen LogP contribution in [0.1, 0.15) is 25.6 Å². The first kappa shape index (κ1) is 15.8. The van der Waals surface area contributed by atoms with Crippen LogP contribution >= 0.6 is 11.3 Å². The normalized spacial score (nSPS) is 10.7. The lowest BCUT2D eigenvalue weighted by Crippen LogP contribution is -2.22. The summed E-state index contributed by atoms with van der Waals surface area (Å²) in [5.74, 6) is -1.73. The van der Waals surface area contributed by atoms with E-state index >= 15 is 0 Å². The summed E-state index contributed by atoms with van der Waals surface area (Å²) >= 11 is 1.02. The molecule has 3 aromatic rings. The van der Waals surface area contributed by atoms with Crippen molar-refractivity contribution in [1.82, 2.24) is 10.3 Å². The number of rotatable bonds is 4. The second-order valence-corrected chi connectivity index (χ2v) is 6.09. The number of amides is 1. The SMILES string of the molecule is Nc1c(C(=O)NCc2ccccc2)sc2[nH]c(=O)c(C(=O)O)cc12. The number of hydrogen-bond acceptors (Lipinski definition) is 5. The Hall–Kier alpha value is -3.13. The number of aromatic nitrogens is 1. The molecule has 0 atom stereocenters. The van der Waals surface area contributed by atoms with Crippen molar-refractivity contribution in [3.05, 3.63) is 62.8 Å². The van der Waals surface area contributed by atoms with Gasteiger partial charge in [0.2, 0.25) is 0 Å². The van der Waals surface area contributed by atoms with Crippen LogP contribution in [0.2, 0.25) is 0 Å². The molecule has 24 heavy (non-hydrogen) atoms. The van der Waals surface area contributed by atoms with Gasteiger partial charge in [0.25, 0.3) is 11.5 Å². The largest absolute Gasteiger partial charge is 0.477 e. The van der Waals surface area contributed by atoms with Crippen molar-refractivity contribution >= 4 is 39.1 Å². The molecule has 0 aliphatic heterocycles. The van der Waals surface area contributed by atoms with Crippen molar-refractivity contribution in [3.63, 3.8) is 0 Å². The summed E-state index contributed by atoms with van der Waals surface area (Å²) < 4.78 is 0. The molecule has 0 unspecified atom stereocenters. The van der Waals surface area contributed by atoms with Crippen LogP contribution in [0.3, 0.4) is 0 Å². The lowest BCUT2D eigenvalue weighted by Gasteiger charge is -2.04. The summed E-state index contributed by atoms with van der Waals surface area (Å²) in [6.45, 7) is 0.338. The Morgan fingerprint density at radius 2 is 1.96 bits per heavy atom. The Kier molecular flexibility index (Phi) is 4.05. The van der Waals surface area contributed by atoms with Crippen LogP contribution < -0.4 is 16.6 Å². The van der Waals surface area contributed by atoms with Crippen molar-refractivity contribution in [2.45, 2.75) is 6.54 Å². The topological polar surface area (TPSA) is 125 Å². The number of hydrogen-bond donors (Lipinski definition) is 4. The van der Waals surface area contributed by atoms with Gasteiger partial charge in [-0.2, -0.15) is 0 Å². The van der Waals surface area contributed by atoms with Crippen molar-refractivity contribution in [2.24, 2.45) is 0 Å². The number of carbonyl (C=O) groups excluding carboxylic acids is 1. The smallest absolute Gasteiger partial charge is 0.341 e. The molecule has 5 N–H and O–H groups in total. The first-order valence-corrected chi connectivity index (χ1v) is 7.79. The first-order chi connectivity index (χ1) is 11.5. The molecule has 0 saturated carbocycles. The lowest BCUT2D eigenvalue weighted by molar-refractivity contribution is 0.0695. The number of aromatic carboxylic acids is 1. The molecule has 0 radical (unpaired) electrons. The van der Waals surface area contributed by atoms with E-state index in [-0.39, 0.29) is 16.5 Å². The van der Waals surface area contributed by atoms with Gasteiger partial charge in [-0.25, -0.2) is 4.79 Å². The molecule has 0 bridgehead atoms. The maximum atomic E-state index is 12.3. The Morgan fingerprint density at radius 3 is 2.62 bits per heavy atom. The molecular weight excluding hydrogens is 330 g/mol. The lowest BCUT2D eigenvalue weighted by atomic mass is 10.2. The highest BCUT2D eigenvalue weighted by Gasteiger charge is 2.19. The van der Waals surface area contributed by atoms with Crippen LogP contribution in [0.25, 0.3) is 10.2 Å². The van der Waals surface area contributed by atoms with Gasteiger partial charge in [-0.1, -0.05) is 30.3 Å². The molecule has 3 rings (SSSR count). The van der Waals surface area contributed by atoms with Crippen LogP contribution in [0.4, 0.5) is 5.69 Å². The van der Waals surface area contributed by atoms with Gasteiger partial charge >= 0.3 is 5.97 Å². The van der Waals surface area contributed by atoms with Crippen LogP contribution in [0, 0.1) is 0 Å². The molecule has 0 saturated heterocycles. The minimum Gasteiger partial charge on any atom is -0.477 e. The number of pyridine rings is 1. The van der Waals surface area contributed by atoms with Crippen LogP contribution in [-0.2, 0) is 6.54 Å². The average Bonchev–Trinajstić information content (AvgIpc) is 2.88. The number of nitrogen functional groups attached to an aromatic ring is 1. The monoisotopic (exact) mass is 343 g/mol. The summed E-state index contributed by atoms with van der Waals surface area (Å²) in [5, 5.41) is 12.1. The zero-order chi connectivity index (χ0) is 17.3. The number of thiophene rings is 1. The molecule has 7 nitrogen and oxygen atoms in total. The Bertz CT molecular complexity index is 992. The number of aromatic amines is 1. The molecule has 2 aromatic heterocycles. The molecular formula is C16H13N3O4S. The average molecular weight is 343 g/mol. The van der Waals surface area contributed by atoms with E-state index in [1.165, 1.54) is 6.07 Å². The third kappa shape index (κ3) is 2.86. The van der Waals surface area contributed by atoms with E-state index in [2.05, 4.69) is 10.3 Å². The summed E-state index contributed by atoms with van der Waals surface area (Å²) in [6, 6.07) is 10.6. The fourth-order valence-corrected chi connectivity index (χ4v) is 3.27. The second-order valence-electron chi connectivity index (χ2n) is 5.07. The van der Waals surface area contributed by atoms with Gasteiger partial charge in [0.05, 0.1) is 5.69 Å². The third-order valence-corrected chi connectivity index (χ3v) is 4.61. The van der Waals surface area contributed by atoms with Gasteiger partial charge in [-0.05, 0) is 11.6 Å². The van der Waals surface area contributed by atoms with E-state index in [4.69, 9.17) is 10.8 Å². The van der Waals surface area contributed by atoms with Gasteiger partial charge in [0.15, 0.2) is 0 Å². The Balaban J connectivity index is 1.92. The number of anilines is 1. The predicted molar refractivity (Wildman–Crippen MR) is 91.4 cm³/mol. The van der Waals surface area contributed by atoms with Crippen molar-refractivity contribution in [3.8, 4) is 0 Å². The third-order valence-electron chi connectivity index (χ3n) is 3.48. The number of benzene rings is 1. The van der Waals surface area contributed by atoms with Gasteiger partial charge in [0, 0.05) is 11.9 Å². The maximum Gasteiger partial charge on any atom is 0.341 e. The minimum absolute atomic E-state index is 0.152. The van der Waals surface area contributed by atoms with E-state index < -0.39 is 17.1 Å². The molecule has 0 fully saturated rings. The summed E-state index contributed by atoms with van der Waals surface area (Å²) in [6.07, 6.45) is 0. The number of nitrogens with one attached hydrogen (secondary N) is 2. The van der Waals surface area contributed by atoms with E-state index in [1.807, 2.05) is 30.3 Å². The van der Waals surface area contributed by atoms with E-state index in [0.717, 1.165) is 16.9 Å². The number of fused-ring (bicyclic) bond motifs is 1. The molecule has 8 heteroatoms. The van der Waals surface area contributed by atoms with Gasteiger partial charge in [-0.3, -0.25) is 9.59 Å². The first-order valence-electron chi connectivity index (χ1n) is 6.98. The fraction of sp³-hybridized carbons (Fsp3) is 0.0625. The van der Waals surface area contributed by atoms with Crippen LogP contribution in [-0.4, -0.2) is 22.0 Å². The molecule has 1 aromatic carbocycles. The predicted octanol–water partition coefficient (Wildman–Crippen LogP) is 1.80. The summed E-state index contributed by atoms with van der Waals surface area (Å²) in [4.78, 5) is 38.1. The zero-order valence-corrected chi connectivity index (χ0v) is 13.1. The standard InChI is InChI=1S/C16H13N3O4S/c17-11-9-6-10(16(22)23)13(20)19-15(9)24-12(11)14(21)18-7-8-4-2-1-3-5-8/h1-6H,7,17H2,(H,18,21)(H,19,20)(H,22,23). The van der Waals surface area contributed by atoms with Crippen LogP contribution in [0.15, 0.2) is 41.2 Å². The van der Waals surface area contributed by atoms with Crippen molar-refractivity contribution in [2.75, 3.05) is 5.73 Å². The van der Waals surface area contributed by atoms with E-state index in [1.54, 1.807) is 0 Å². The number of carboxylic acid groups (broad SMARTS) is 1. The molecule has 122 valence electrons. The van der Waals surface area contributed by atoms with E-state index in [0.29, 0.717) is 16.8 Å². The molecule has 1 amide bonds. The molecule has 2 heterocycles. The van der Waals surface area contributed by atoms with Gasteiger partial charge in [0.1, 0.15) is 15.3 Å². The minimum atomic E-state index is -1.35. The number of H-pyrrole nitrogens is 1. The van der Waals surface area contributed by atoms with Crippen LogP contribution in [0.5, 0.6) is 0 Å². The van der Waals surface area contributed by atoms with Gasteiger partial charge in [-0.15, -0.1) is 11.3 Å². The summed E-state index contributed by atoms with van der Waals surface area (Å²) in [5.41, 5.74) is 5.91. The second kappa shape index (κ2) is 6.17. The number of nitrogens with two attached hydrogens (primary N) is 1.